The van der Waals surface area contributed by atoms with E-state index in [0.717, 1.165) is 12.1 Å². The highest BCUT2D eigenvalue weighted by atomic mass is 19.4. The molecule has 2 rings (SSSR count). The van der Waals surface area contributed by atoms with Gasteiger partial charge in [-0.05, 0) is 24.3 Å². The van der Waals surface area contributed by atoms with Crippen LogP contribution in [0.25, 0.3) is 0 Å². The summed E-state index contributed by atoms with van der Waals surface area (Å²) in [7, 11) is 1.64. The fourth-order valence-electron chi connectivity index (χ4n) is 1.77. The van der Waals surface area contributed by atoms with E-state index in [1.54, 1.807) is 13.1 Å². The van der Waals surface area contributed by atoms with Gasteiger partial charge in [-0.1, -0.05) is 6.07 Å². The Kier molecular flexibility index (Phi) is 4.11. The van der Waals surface area contributed by atoms with Crippen LogP contribution >= 0.6 is 0 Å². The van der Waals surface area contributed by atoms with Gasteiger partial charge in [0.15, 0.2) is 0 Å². The number of benzene rings is 1. The SMILES string of the molecule is CNc1ccncc1C(=O)Nc1cccc(C(F)(F)F)c1. The summed E-state index contributed by atoms with van der Waals surface area (Å²) in [6.45, 7) is 0. The molecule has 2 N–H and O–H groups in total. The number of aromatic nitrogens is 1. The molecule has 4 nitrogen and oxygen atoms in total. The lowest BCUT2D eigenvalue weighted by atomic mass is 10.1. The zero-order chi connectivity index (χ0) is 15.5. The summed E-state index contributed by atoms with van der Waals surface area (Å²) in [4.78, 5) is 15.9. The number of amides is 1. The summed E-state index contributed by atoms with van der Waals surface area (Å²) in [6, 6.07) is 6.05. The summed E-state index contributed by atoms with van der Waals surface area (Å²) in [5.41, 5.74) is 0.0351. The van der Waals surface area contributed by atoms with Crippen molar-refractivity contribution >= 4 is 17.3 Å². The second-order valence-corrected chi connectivity index (χ2v) is 4.20. The summed E-state index contributed by atoms with van der Waals surface area (Å²) in [5, 5.41) is 5.24. The Hall–Kier alpha value is -2.57. The first-order valence-corrected chi connectivity index (χ1v) is 6.02. The number of pyridine rings is 1. The van der Waals surface area contributed by atoms with Gasteiger partial charge in [0.1, 0.15) is 0 Å². The minimum atomic E-state index is -4.45. The number of halogens is 3. The monoisotopic (exact) mass is 295 g/mol. The molecule has 1 aromatic heterocycles. The number of hydrogen-bond donors (Lipinski definition) is 2. The van der Waals surface area contributed by atoms with Gasteiger partial charge in [0.25, 0.3) is 5.91 Å². The Balaban J connectivity index is 2.24. The highest BCUT2D eigenvalue weighted by molar-refractivity contribution is 6.07. The van der Waals surface area contributed by atoms with Crippen molar-refractivity contribution in [2.75, 3.05) is 17.7 Å². The number of hydrogen-bond acceptors (Lipinski definition) is 3. The number of nitrogens with one attached hydrogen (secondary N) is 2. The van der Waals surface area contributed by atoms with Gasteiger partial charge in [0.2, 0.25) is 0 Å². The second kappa shape index (κ2) is 5.82. The predicted molar refractivity (Wildman–Crippen MR) is 73.2 cm³/mol. The zero-order valence-electron chi connectivity index (χ0n) is 11.0. The fourth-order valence-corrected chi connectivity index (χ4v) is 1.77. The van der Waals surface area contributed by atoms with Gasteiger partial charge in [-0.25, -0.2) is 0 Å². The average Bonchev–Trinajstić information content (AvgIpc) is 2.46. The minimum absolute atomic E-state index is 0.0701. The van der Waals surface area contributed by atoms with Crippen molar-refractivity contribution < 1.29 is 18.0 Å². The smallest absolute Gasteiger partial charge is 0.387 e. The Morgan fingerprint density at radius 3 is 2.67 bits per heavy atom. The lowest BCUT2D eigenvalue weighted by Crippen LogP contribution is -2.15. The molecule has 110 valence electrons. The molecule has 0 fully saturated rings. The van der Waals surface area contributed by atoms with E-state index in [0.29, 0.717) is 5.69 Å². The summed E-state index contributed by atoms with van der Waals surface area (Å²) in [5.74, 6) is -0.535. The molecule has 0 aliphatic carbocycles. The Bertz CT molecular complexity index is 656. The largest absolute Gasteiger partial charge is 0.416 e. The van der Waals surface area contributed by atoms with Gasteiger partial charge in [0.05, 0.1) is 11.1 Å². The van der Waals surface area contributed by atoms with Crippen molar-refractivity contribution in [3.05, 3.63) is 53.9 Å². The topological polar surface area (TPSA) is 54.0 Å². The van der Waals surface area contributed by atoms with Gasteiger partial charge in [-0.3, -0.25) is 9.78 Å². The quantitative estimate of drug-likeness (QED) is 0.912. The second-order valence-electron chi connectivity index (χ2n) is 4.20. The molecule has 21 heavy (non-hydrogen) atoms. The number of rotatable bonds is 3. The van der Waals surface area contributed by atoms with E-state index in [-0.39, 0.29) is 11.3 Å². The van der Waals surface area contributed by atoms with E-state index in [4.69, 9.17) is 0 Å². The molecule has 0 aliphatic heterocycles. The molecule has 0 saturated heterocycles. The maximum atomic E-state index is 12.6. The van der Waals surface area contributed by atoms with E-state index in [2.05, 4.69) is 15.6 Å². The van der Waals surface area contributed by atoms with Crippen LogP contribution in [0.5, 0.6) is 0 Å². The Morgan fingerprint density at radius 1 is 1.24 bits per heavy atom. The van der Waals surface area contributed by atoms with Crippen LogP contribution < -0.4 is 10.6 Å². The van der Waals surface area contributed by atoms with E-state index >= 15 is 0 Å². The highest BCUT2D eigenvalue weighted by Gasteiger charge is 2.30. The molecule has 0 atom stereocenters. The standard InChI is InChI=1S/C14H12F3N3O/c1-18-12-5-6-19-8-11(12)13(21)20-10-4-2-3-9(7-10)14(15,16)17/h2-8H,1H3,(H,18,19)(H,20,21). The van der Waals surface area contributed by atoms with Crippen LogP contribution in [0.1, 0.15) is 15.9 Å². The molecule has 0 saturated carbocycles. The number of anilines is 2. The van der Waals surface area contributed by atoms with Crippen LogP contribution in [0, 0.1) is 0 Å². The van der Waals surface area contributed by atoms with Crippen LogP contribution in [0.4, 0.5) is 24.5 Å². The maximum Gasteiger partial charge on any atom is 0.416 e. The molecular formula is C14H12F3N3O. The van der Waals surface area contributed by atoms with Crippen molar-refractivity contribution in [3.63, 3.8) is 0 Å². The first-order valence-electron chi connectivity index (χ1n) is 6.02. The molecule has 7 heteroatoms. The first kappa shape index (κ1) is 14.8. The van der Waals surface area contributed by atoms with Crippen molar-refractivity contribution in [2.24, 2.45) is 0 Å². The van der Waals surface area contributed by atoms with Crippen molar-refractivity contribution in [1.29, 1.82) is 0 Å². The van der Waals surface area contributed by atoms with Crippen molar-refractivity contribution in [2.45, 2.75) is 6.18 Å². The van der Waals surface area contributed by atoms with Crippen molar-refractivity contribution in [1.82, 2.24) is 4.98 Å². The first-order chi connectivity index (χ1) is 9.91. The molecule has 0 unspecified atom stereocenters. The van der Waals surface area contributed by atoms with Gasteiger partial charge < -0.3 is 10.6 Å². The molecule has 1 amide bonds. The molecule has 0 aliphatic rings. The molecule has 0 spiro atoms. The number of carbonyl (C=O) groups excluding carboxylic acids is 1. The van der Waals surface area contributed by atoms with Gasteiger partial charge in [-0.15, -0.1) is 0 Å². The van der Waals surface area contributed by atoms with Crippen LogP contribution in [0.2, 0.25) is 0 Å². The van der Waals surface area contributed by atoms with Crippen molar-refractivity contribution in [3.8, 4) is 0 Å². The Labute approximate surface area is 119 Å². The van der Waals surface area contributed by atoms with E-state index < -0.39 is 17.6 Å². The normalized spacial score (nSPS) is 11.0. The fraction of sp³-hybridized carbons (Fsp3) is 0.143. The highest BCUT2D eigenvalue weighted by Crippen LogP contribution is 2.30. The Morgan fingerprint density at radius 2 is 2.00 bits per heavy atom. The molecule has 0 bridgehead atoms. The van der Waals surface area contributed by atoms with Crippen LogP contribution in [-0.4, -0.2) is 17.9 Å². The molecule has 2 aromatic rings. The third-order valence-electron chi connectivity index (χ3n) is 2.78. The van der Waals surface area contributed by atoms with Gasteiger partial charge in [0, 0.05) is 30.8 Å². The average molecular weight is 295 g/mol. The minimum Gasteiger partial charge on any atom is -0.387 e. The predicted octanol–water partition coefficient (Wildman–Crippen LogP) is 3.39. The lowest BCUT2D eigenvalue weighted by molar-refractivity contribution is -0.137. The summed E-state index contributed by atoms with van der Waals surface area (Å²) in [6.07, 6.45) is -1.60. The van der Waals surface area contributed by atoms with Gasteiger partial charge in [-0.2, -0.15) is 13.2 Å². The molecule has 1 heterocycles. The van der Waals surface area contributed by atoms with Crippen LogP contribution in [0.15, 0.2) is 42.7 Å². The third-order valence-corrected chi connectivity index (χ3v) is 2.78. The van der Waals surface area contributed by atoms with E-state index in [9.17, 15) is 18.0 Å². The van der Waals surface area contributed by atoms with Gasteiger partial charge >= 0.3 is 6.18 Å². The number of nitrogens with zero attached hydrogens (tertiary/aromatic N) is 1. The maximum absolute atomic E-state index is 12.6. The van der Waals surface area contributed by atoms with Crippen LogP contribution in [-0.2, 0) is 6.18 Å². The molecule has 1 aromatic carbocycles. The zero-order valence-corrected chi connectivity index (χ0v) is 11.0. The molecular weight excluding hydrogens is 283 g/mol. The summed E-state index contributed by atoms with van der Waals surface area (Å²) >= 11 is 0. The number of carbonyl (C=O) groups is 1. The number of alkyl halides is 3. The summed E-state index contributed by atoms with van der Waals surface area (Å²) < 4.78 is 37.8. The van der Waals surface area contributed by atoms with Crippen LogP contribution in [0.3, 0.4) is 0 Å². The van der Waals surface area contributed by atoms with E-state index in [1.807, 2.05) is 0 Å². The van der Waals surface area contributed by atoms with E-state index in [1.165, 1.54) is 24.5 Å². The third kappa shape index (κ3) is 3.50. The lowest BCUT2D eigenvalue weighted by Gasteiger charge is -2.11. The molecule has 0 radical (unpaired) electrons.